The zero-order valence-corrected chi connectivity index (χ0v) is 12.4. The van der Waals surface area contributed by atoms with Crippen LogP contribution in [-0.4, -0.2) is 4.98 Å². The van der Waals surface area contributed by atoms with Crippen molar-refractivity contribution >= 4 is 27.5 Å². The molecule has 1 heterocycles. The van der Waals surface area contributed by atoms with E-state index in [1.165, 1.54) is 27.5 Å². The van der Waals surface area contributed by atoms with Crippen molar-refractivity contribution in [3.63, 3.8) is 0 Å². The molecule has 0 aliphatic heterocycles. The van der Waals surface area contributed by atoms with Crippen molar-refractivity contribution in [2.24, 2.45) is 0 Å². The molecule has 4 rings (SSSR count). The van der Waals surface area contributed by atoms with E-state index in [9.17, 15) is 0 Å². The molecule has 22 heavy (non-hydrogen) atoms. The van der Waals surface area contributed by atoms with Gasteiger partial charge in [-0.05, 0) is 42.3 Å². The van der Waals surface area contributed by atoms with Gasteiger partial charge >= 0.3 is 0 Å². The molecule has 2 N–H and O–H groups in total. The van der Waals surface area contributed by atoms with Gasteiger partial charge in [0.15, 0.2) is 0 Å². The molecule has 106 valence electrons. The number of benzene rings is 3. The lowest BCUT2D eigenvalue weighted by Crippen LogP contribution is -1.90. The highest BCUT2D eigenvalue weighted by Gasteiger charge is 2.10. The minimum atomic E-state index is 0.780. The lowest BCUT2D eigenvalue weighted by atomic mass is 9.95. The third-order valence-electron chi connectivity index (χ3n) is 4.04. The fourth-order valence-electron chi connectivity index (χ4n) is 2.96. The van der Waals surface area contributed by atoms with Crippen molar-refractivity contribution in [3.8, 4) is 11.1 Å². The quantitative estimate of drug-likeness (QED) is 0.397. The van der Waals surface area contributed by atoms with Crippen LogP contribution in [0.4, 0.5) is 5.69 Å². The number of aryl methyl sites for hydroxylation is 1. The molecule has 0 saturated heterocycles. The predicted octanol–water partition coefficient (Wildman–Crippen LogP) is 4.95. The van der Waals surface area contributed by atoms with Gasteiger partial charge < -0.3 is 5.73 Å². The molecule has 2 heteroatoms. The number of rotatable bonds is 1. The van der Waals surface area contributed by atoms with Gasteiger partial charge in [0, 0.05) is 22.0 Å². The summed E-state index contributed by atoms with van der Waals surface area (Å²) < 4.78 is 0. The van der Waals surface area contributed by atoms with Gasteiger partial charge in [0.05, 0.1) is 11.0 Å². The summed E-state index contributed by atoms with van der Waals surface area (Å²) in [5.74, 6) is 0. The first-order chi connectivity index (χ1) is 10.7. The molecule has 0 radical (unpaired) electrons. The van der Waals surface area contributed by atoms with E-state index in [1.807, 2.05) is 18.2 Å². The second kappa shape index (κ2) is 4.85. The van der Waals surface area contributed by atoms with Crippen LogP contribution in [0.25, 0.3) is 32.9 Å². The minimum Gasteiger partial charge on any atom is -0.399 e. The highest BCUT2D eigenvalue weighted by atomic mass is 14.7. The molecule has 1 aromatic heterocycles. The first-order valence-corrected chi connectivity index (χ1v) is 7.37. The number of pyridine rings is 1. The number of hydrogen-bond acceptors (Lipinski definition) is 2. The van der Waals surface area contributed by atoms with E-state index >= 15 is 0 Å². The molecule has 0 amide bonds. The van der Waals surface area contributed by atoms with Crippen molar-refractivity contribution in [1.82, 2.24) is 4.98 Å². The number of hydrogen-bond donors (Lipinski definition) is 1. The Kier molecular flexibility index (Phi) is 2.83. The molecule has 2 nitrogen and oxygen atoms in total. The van der Waals surface area contributed by atoms with E-state index in [0.29, 0.717) is 0 Å². The summed E-state index contributed by atoms with van der Waals surface area (Å²) in [6.07, 6.45) is 0. The van der Waals surface area contributed by atoms with Gasteiger partial charge in [-0.25, -0.2) is 4.98 Å². The zero-order chi connectivity index (χ0) is 15.1. The maximum Gasteiger partial charge on any atom is 0.0718 e. The molecular formula is C20H16N2. The van der Waals surface area contributed by atoms with Crippen LogP contribution in [-0.2, 0) is 0 Å². The van der Waals surface area contributed by atoms with E-state index in [4.69, 9.17) is 10.7 Å². The number of para-hydroxylation sites is 1. The van der Waals surface area contributed by atoms with Crippen LogP contribution in [0, 0.1) is 6.92 Å². The number of nitrogens with zero attached hydrogens (tertiary/aromatic N) is 1. The van der Waals surface area contributed by atoms with Gasteiger partial charge in [0.1, 0.15) is 0 Å². The summed E-state index contributed by atoms with van der Waals surface area (Å²) in [6.45, 7) is 2.10. The Morgan fingerprint density at radius 3 is 2.32 bits per heavy atom. The molecule has 0 aliphatic carbocycles. The lowest BCUT2D eigenvalue weighted by molar-refractivity contribution is 1.44. The van der Waals surface area contributed by atoms with Gasteiger partial charge in [0.25, 0.3) is 0 Å². The van der Waals surface area contributed by atoms with Crippen LogP contribution >= 0.6 is 0 Å². The van der Waals surface area contributed by atoms with Gasteiger partial charge in [-0.3, -0.25) is 0 Å². The van der Waals surface area contributed by atoms with Crippen LogP contribution in [0.1, 0.15) is 5.56 Å². The van der Waals surface area contributed by atoms with Crippen LogP contribution in [0.3, 0.4) is 0 Å². The number of nitrogen functional groups attached to an aromatic ring is 1. The van der Waals surface area contributed by atoms with Gasteiger partial charge in [-0.15, -0.1) is 0 Å². The SMILES string of the molecule is Cc1ccc2c(-c3ccc(N)cc3)c3ccccc3nc2c1. The Hall–Kier alpha value is -2.87. The van der Waals surface area contributed by atoms with Crippen molar-refractivity contribution in [3.05, 3.63) is 72.3 Å². The maximum absolute atomic E-state index is 5.84. The van der Waals surface area contributed by atoms with Crippen LogP contribution in [0.15, 0.2) is 66.7 Å². The Labute approximate surface area is 129 Å². The number of fused-ring (bicyclic) bond motifs is 2. The van der Waals surface area contributed by atoms with E-state index in [1.54, 1.807) is 0 Å². The Bertz CT molecular complexity index is 986. The highest BCUT2D eigenvalue weighted by Crippen LogP contribution is 2.35. The molecule has 0 aliphatic rings. The van der Waals surface area contributed by atoms with Crippen molar-refractivity contribution < 1.29 is 0 Å². The second-order valence-corrected chi connectivity index (χ2v) is 5.65. The fourth-order valence-corrected chi connectivity index (χ4v) is 2.96. The van der Waals surface area contributed by atoms with Crippen molar-refractivity contribution in [2.45, 2.75) is 6.92 Å². The molecule has 0 atom stereocenters. The number of anilines is 1. The van der Waals surface area contributed by atoms with Gasteiger partial charge in [-0.1, -0.05) is 42.5 Å². The maximum atomic E-state index is 5.84. The zero-order valence-electron chi connectivity index (χ0n) is 12.4. The fraction of sp³-hybridized carbons (Fsp3) is 0.0500. The largest absolute Gasteiger partial charge is 0.399 e. The Balaban J connectivity index is 2.18. The summed E-state index contributed by atoms with van der Waals surface area (Å²) in [7, 11) is 0. The third kappa shape index (κ3) is 2.01. The molecule has 3 aromatic carbocycles. The molecule has 4 aromatic rings. The molecule has 0 bridgehead atoms. The van der Waals surface area contributed by atoms with Crippen molar-refractivity contribution in [2.75, 3.05) is 5.73 Å². The highest BCUT2D eigenvalue weighted by molar-refractivity contribution is 6.09. The summed E-state index contributed by atoms with van der Waals surface area (Å²) in [5, 5.41) is 2.35. The van der Waals surface area contributed by atoms with Crippen molar-refractivity contribution in [1.29, 1.82) is 0 Å². The number of aromatic nitrogens is 1. The van der Waals surface area contributed by atoms with Crippen LogP contribution < -0.4 is 5.73 Å². The van der Waals surface area contributed by atoms with Crippen LogP contribution in [0.5, 0.6) is 0 Å². The van der Waals surface area contributed by atoms with Gasteiger partial charge in [0.2, 0.25) is 0 Å². The monoisotopic (exact) mass is 284 g/mol. The Morgan fingerprint density at radius 2 is 1.50 bits per heavy atom. The summed E-state index contributed by atoms with van der Waals surface area (Å²) >= 11 is 0. The van der Waals surface area contributed by atoms with E-state index in [0.717, 1.165) is 16.7 Å². The molecule has 0 unspecified atom stereocenters. The summed E-state index contributed by atoms with van der Waals surface area (Å²) in [4.78, 5) is 4.82. The average Bonchev–Trinajstić information content (AvgIpc) is 2.53. The standard InChI is InChI=1S/C20H16N2/c1-13-6-11-17-19(12-13)22-18-5-3-2-4-16(18)20(17)14-7-9-15(21)10-8-14/h2-12H,21H2,1H3. The molecule has 0 saturated carbocycles. The van der Waals surface area contributed by atoms with E-state index in [2.05, 4.69) is 55.5 Å². The predicted molar refractivity (Wildman–Crippen MR) is 93.8 cm³/mol. The summed E-state index contributed by atoms with van der Waals surface area (Å²) in [6, 6.07) is 22.8. The lowest BCUT2D eigenvalue weighted by Gasteiger charge is -2.12. The second-order valence-electron chi connectivity index (χ2n) is 5.65. The first-order valence-electron chi connectivity index (χ1n) is 7.37. The smallest absolute Gasteiger partial charge is 0.0718 e. The average molecular weight is 284 g/mol. The van der Waals surface area contributed by atoms with E-state index in [-0.39, 0.29) is 0 Å². The van der Waals surface area contributed by atoms with E-state index < -0.39 is 0 Å². The Morgan fingerprint density at radius 1 is 0.773 bits per heavy atom. The topological polar surface area (TPSA) is 38.9 Å². The number of nitrogens with two attached hydrogens (primary N) is 1. The first kappa shape index (κ1) is 12.8. The molecule has 0 fully saturated rings. The normalized spacial score (nSPS) is 11.1. The minimum absolute atomic E-state index is 0.780. The van der Waals surface area contributed by atoms with Gasteiger partial charge in [-0.2, -0.15) is 0 Å². The van der Waals surface area contributed by atoms with Crippen LogP contribution in [0.2, 0.25) is 0 Å². The summed E-state index contributed by atoms with van der Waals surface area (Å²) in [5.41, 5.74) is 12.3. The molecular weight excluding hydrogens is 268 g/mol. The molecule has 0 spiro atoms. The third-order valence-corrected chi connectivity index (χ3v) is 4.04.